The number of rotatable bonds is 57. The van der Waals surface area contributed by atoms with Crippen molar-refractivity contribution < 1.29 is 237 Å². The molecule has 0 aromatic carbocycles. The molecule has 7 fully saturated rings. The topological polar surface area (TPSA) is 775 Å². The highest BCUT2D eigenvalue weighted by atomic mass is 32.3. The van der Waals surface area contributed by atoms with Crippen LogP contribution in [0, 0.1) is 0 Å². The van der Waals surface area contributed by atoms with Gasteiger partial charge in [0.1, 0.15) is 97.7 Å². The number of carboxylic acids is 2. The molecule has 0 aliphatic carbocycles. The Bertz CT molecular complexity index is 4160. The van der Waals surface area contributed by atoms with E-state index in [1.54, 1.807) is 0 Å². The molecule has 64 heteroatoms. The summed E-state index contributed by atoms with van der Waals surface area (Å²) in [5, 5.41) is 33.6. The molecule has 7 heterocycles. The second-order valence-corrected chi connectivity index (χ2v) is 35.8. The summed E-state index contributed by atoms with van der Waals surface area (Å²) in [4.78, 5) is 63.6. The van der Waals surface area contributed by atoms with E-state index < -0.39 is 254 Å². The van der Waals surface area contributed by atoms with Crippen LogP contribution in [0.3, 0.4) is 0 Å². The van der Waals surface area contributed by atoms with E-state index in [2.05, 4.69) is 33.8 Å². The van der Waals surface area contributed by atoms with Gasteiger partial charge >= 0.3 is 80.4 Å². The average Bonchev–Trinajstić information content (AvgIpc) is 1.27. The molecule has 14 N–H and O–H groups in total. The number of amides is 4. The third kappa shape index (κ3) is 33.5. The van der Waals surface area contributed by atoms with Crippen molar-refractivity contribution in [3.63, 3.8) is 0 Å². The summed E-state index contributed by atoms with van der Waals surface area (Å²) < 4.78 is 357. The minimum atomic E-state index is -6.19. The van der Waals surface area contributed by atoms with Crippen LogP contribution in [0.25, 0.3) is 0 Å². The highest BCUT2D eigenvalue weighted by molar-refractivity contribution is 8.00. The van der Waals surface area contributed by atoms with Gasteiger partial charge in [-0.25, -0.2) is 39.5 Å². The van der Waals surface area contributed by atoms with Gasteiger partial charge in [0.05, 0.1) is 84.2 Å². The lowest BCUT2D eigenvalue weighted by Gasteiger charge is -2.51. The largest absolute Gasteiger partial charge is 0.479 e. The van der Waals surface area contributed by atoms with E-state index in [9.17, 15) is 112 Å². The molecule has 0 saturated carbocycles. The Labute approximate surface area is 727 Å². The summed E-state index contributed by atoms with van der Waals surface area (Å²) >= 11 is 1.82. The highest BCUT2D eigenvalue weighted by Crippen LogP contribution is 2.42. The summed E-state index contributed by atoms with van der Waals surface area (Å²) in [6.07, 6.45) is -51.2. The molecule has 734 valence electrons. The monoisotopic (exact) mass is 1990 g/mol. The number of carbonyl (C=O) groups excluding carboxylic acids is 3. The van der Waals surface area contributed by atoms with Gasteiger partial charge in [0, 0.05) is 87.4 Å². The maximum atomic E-state index is 13.6. The van der Waals surface area contributed by atoms with Crippen LogP contribution >= 0.6 is 11.8 Å². The molecule has 7 saturated heterocycles. The summed E-state index contributed by atoms with van der Waals surface area (Å²) in [7, 11) is -26.9. The van der Waals surface area contributed by atoms with E-state index in [0.717, 1.165) is 81.9 Å². The summed E-state index contributed by atoms with van der Waals surface area (Å²) in [6.45, 7) is -3.63. The van der Waals surface area contributed by atoms with Crippen LogP contribution in [0.4, 0.5) is 4.79 Å². The molecule has 0 spiro atoms. The van der Waals surface area contributed by atoms with Gasteiger partial charge in [-0.05, 0) is 32.1 Å². The lowest BCUT2D eigenvalue weighted by Crippen LogP contribution is -2.70. The van der Waals surface area contributed by atoms with Crippen LogP contribution < -0.4 is 27.0 Å². The van der Waals surface area contributed by atoms with Gasteiger partial charge < -0.3 is 137 Å². The summed E-state index contributed by atoms with van der Waals surface area (Å²) in [6, 6.07) is -0.653. The van der Waals surface area contributed by atoms with E-state index >= 15 is 0 Å². The SMILES string of the molecule is CO[C@H]1O[C@H](COS(=O)(=O)O)[C@@H](O[C@@H]2O[C@@H](C(=O)O)[C@@H](O[C@H]3O[C@H](COS(=O)(=O)O)[C@@H](O[C@@H]4O[C@H](C(=O)O)[C@@H](O[C@H]5O[C@H](COS(=O)(=O)O)[C@@H](OCCOCCOCCOCCN[13C](=O)[13C@@H]([15NH2])[13CH2][13CH2][13CH2][13CH2][15NH]C(=O)CCCC[C@@H]6SC[C@@H]7NC(=O)N[C@@H]76)[C@H](OC)[C@H]5OC)[C@H](OC)[C@H]4OC)[C@H](OS(=O)(=O)O)[C@H]3OS(=O)(=O)O)[C@H](OC)[C@H]2OC)[C@H](OC)[C@H]1OS(=O)(=O)O. The third-order valence-electron chi connectivity index (χ3n) is 19.9. The summed E-state index contributed by atoms with van der Waals surface area (Å²) in [5.74, 6) is -3.73. The molecule has 0 unspecified atom stereocenters. The second-order valence-electron chi connectivity index (χ2n) is 28.1. The van der Waals surface area contributed by atoms with Crippen LogP contribution in [0.1, 0.15) is 44.9 Å². The van der Waals surface area contributed by atoms with E-state index in [0.29, 0.717) is 37.5 Å². The predicted octanol–water partition coefficient (Wildman–Crippen LogP) is -7.01. The zero-order valence-electron chi connectivity index (χ0n) is 68.4. The highest BCUT2D eigenvalue weighted by Gasteiger charge is 2.63. The van der Waals surface area contributed by atoms with Crippen molar-refractivity contribution in [1.29, 1.82) is 0 Å². The van der Waals surface area contributed by atoms with Gasteiger partial charge in [0.25, 0.3) is 0 Å². The number of hydrogen-bond donors (Lipinski definition) is 13. The number of urea groups is 1. The number of ether oxygens (including phenoxy) is 21. The Hall–Kier alpha value is -4.16. The number of aliphatic carboxylic acids is 2. The van der Waals surface area contributed by atoms with Crippen molar-refractivity contribution >= 4 is 104 Å². The lowest BCUT2D eigenvalue weighted by molar-refractivity contribution is -0.389. The van der Waals surface area contributed by atoms with Gasteiger partial charge in [-0.2, -0.15) is 62.3 Å². The van der Waals surface area contributed by atoms with E-state index in [1.807, 2.05) is 11.8 Å². The fourth-order valence-corrected chi connectivity index (χ4v) is 18.4. The number of thioether (sulfide) groups is 1. The second kappa shape index (κ2) is 50.2. The van der Waals surface area contributed by atoms with Crippen molar-refractivity contribution in [3.8, 4) is 0 Å². The van der Waals surface area contributed by atoms with Crippen molar-refractivity contribution in [1.82, 2.24) is 21.3 Å². The van der Waals surface area contributed by atoms with E-state index in [1.165, 1.54) is 0 Å². The first-order valence-corrected chi connectivity index (χ1v) is 47.2. The van der Waals surface area contributed by atoms with Crippen molar-refractivity contribution in [2.45, 2.75) is 222 Å². The Morgan fingerprint density at radius 3 is 1.26 bits per heavy atom. The molecular formula is C62H107N5O52S7. The average molecular weight is 1990 g/mol. The van der Waals surface area contributed by atoms with Crippen LogP contribution in [0.15, 0.2) is 0 Å². The maximum absolute atomic E-state index is 13.6. The number of hydrogen-bond acceptors (Lipinski definition) is 46. The van der Waals surface area contributed by atoms with E-state index in [4.69, 9.17) is 118 Å². The first-order valence-electron chi connectivity index (χ1n) is 37.9. The smallest absolute Gasteiger partial charge is 0.397 e. The van der Waals surface area contributed by atoms with Gasteiger partial charge in [0.15, 0.2) is 55.9 Å². The number of nitrogens with one attached hydrogen (secondary N) is 4. The first-order chi connectivity index (χ1) is 59.2. The van der Waals surface area contributed by atoms with Crippen molar-refractivity contribution in [3.05, 3.63) is 0 Å². The molecule has 7 rings (SSSR count). The van der Waals surface area contributed by atoms with Gasteiger partial charge in [-0.3, -0.25) is 36.9 Å². The number of methoxy groups -OCH3 is 8. The number of unbranched alkanes of at least 4 members (excludes halogenated alkanes) is 2. The molecule has 7 aliphatic heterocycles. The molecule has 57 nitrogen and oxygen atoms in total. The molecular weight excluding hydrogens is 1880 g/mol. The molecule has 0 aromatic heterocycles. The third-order valence-corrected chi connectivity index (χ3v) is 24.1. The predicted molar refractivity (Wildman–Crippen MR) is 406 cm³/mol. The van der Waals surface area contributed by atoms with E-state index in [-0.39, 0.29) is 82.7 Å². The minimum absolute atomic E-state index is 0.0145. The van der Waals surface area contributed by atoms with Gasteiger partial charge in [-0.1, -0.05) is 6.42 Å². The number of fused-ring (bicyclic) bond motifs is 1. The standard InChI is InChI=1S/C62H107N5O52S7/c1-93-40-37(104-24-23-103-22-21-102-20-19-101-18-17-65-54(69)29(63)13-11-12-16-64-35(68)15-10-9-14-34-36-30(28-120-34)66-62(74)67-36)31(25-105-121(75,76)77)109-58(49(40)97-5)113-44-42(95-3)51(99-7)60(116-47(44)55(70)71)112-39-33(27-107-123(81,82)83)110-61(53(119-126(90,91)92)46(39)117-124(84,85)86)114-45-43(96-4)50(98-6)59(115-48(45)56(72)73)111-38-32(26-106-122(78,79)80)108-57(100-8)52(41(38)94-2)118-125(87,88)89/h29-34,36-53,57-61H,9-28,63H2,1-8H3,(H,64,68)(H,65,69)(H,70,71)(H,72,73)(H2,66,67,74)(H,75,76,77)(H,78,79,80)(H,81,82,83)(H,84,85,86)(H,87,88,89)(H,90,91,92)/t29-,30-,31+,32+,33+,34-,36-,37+,38+,39+,40-,41-,42-,43-,44-,45-,46-,47-,48+,49+,50+,51+,52+,53+,57-,58+,59+,60+,61+/m0/s1/i11+1,12+1,13+1,16+1,29+1,54+1,63+1,64+1. The molecule has 126 heavy (non-hydrogen) atoms. The molecule has 0 bridgehead atoms. The van der Waals surface area contributed by atoms with Crippen LogP contribution in [-0.2, 0) is 206 Å². The Morgan fingerprint density at radius 1 is 0.429 bits per heavy atom. The van der Waals surface area contributed by atoms with Crippen LogP contribution in [0.5, 0.6) is 0 Å². The van der Waals surface area contributed by atoms with Crippen molar-refractivity contribution in [2.24, 2.45) is 5.73 Å². The molecule has 0 radical (unpaired) electrons. The zero-order valence-corrected chi connectivity index (χ0v) is 74.1. The van der Waals surface area contributed by atoms with Crippen molar-refractivity contribution in [2.75, 3.05) is 142 Å². The molecule has 4 amide bonds. The molecule has 7 aliphatic rings. The van der Waals surface area contributed by atoms with Gasteiger partial charge in [0.2, 0.25) is 11.8 Å². The summed E-state index contributed by atoms with van der Waals surface area (Å²) in [5.41, 5.74) is 6.07. The Kier molecular flexibility index (Phi) is 43.4. The normalized spacial score (nSPS) is 33.8. The number of carbonyl (C=O) groups is 5. The number of carboxylic acid groups (broad SMARTS) is 2. The Morgan fingerprint density at radius 2 is 0.817 bits per heavy atom. The fourth-order valence-electron chi connectivity index (χ4n) is 14.5. The molecule has 29 atom stereocenters. The lowest BCUT2D eigenvalue weighted by atomic mass is 9.94. The maximum Gasteiger partial charge on any atom is 0.397 e. The van der Waals surface area contributed by atoms with Crippen LogP contribution in [0.2, 0.25) is 0 Å². The quantitative estimate of drug-likeness (QED) is 0.00885. The van der Waals surface area contributed by atoms with Gasteiger partial charge in [-0.15, -0.1) is 0 Å². The Balaban J connectivity index is 0.991. The zero-order chi connectivity index (χ0) is 93.4. The first kappa shape index (κ1) is 109. The molecule has 0 aromatic rings. The number of nitrogens with two attached hydrogens (primary N) is 1. The fraction of sp³-hybridized carbons (Fsp3) is 0.919. The minimum Gasteiger partial charge on any atom is -0.479 e. The van der Waals surface area contributed by atoms with Crippen LogP contribution in [-0.4, -0.2) is 437 Å².